The number of anilines is 1. The topological polar surface area (TPSA) is 49.4 Å². The van der Waals surface area contributed by atoms with E-state index in [-0.39, 0.29) is 17.9 Å². The molecule has 0 spiro atoms. The van der Waals surface area contributed by atoms with Crippen LogP contribution in [0.2, 0.25) is 5.02 Å². The van der Waals surface area contributed by atoms with Crippen molar-refractivity contribution in [2.24, 2.45) is 0 Å². The van der Waals surface area contributed by atoms with Gasteiger partial charge in [-0.15, -0.1) is 0 Å². The van der Waals surface area contributed by atoms with E-state index in [1.165, 1.54) is 18.2 Å². The summed E-state index contributed by atoms with van der Waals surface area (Å²) in [6.07, 6.45) is 0.710. The van der Waals surface area contributed by atoms with E-state index in [2.05, 4.69) is 5.32 Å². The van der Waals surface area contributed by atoms with E-state index in [4.69, 9.17) is 11.6 Å². The molecule has 0 aliphatic carbocycles. The lowest BCUT2D eigenvalue weighted by Crippen LogP contribution is -2.29. The molecule has 0 fully saturated rings. The molecule has 3 aromatic rings. The van der Waals surface area contributed by atoms with Gasteiger partial charge in [0, 0.05) is 28.4 Å². The van der Waals surface area contributed by atoms with E-state index in [0.717, 1.165) is 16.8 Å². The largest absolute Gasteiger partial charge is 0.346 e. The van der Waals surface area contributed by atoms with Gasteiger partial charge in [0.05, 0.1) is 6.04 Å². The number of hydrogen-bond acceptors (Lipinski definition) is 2. The molecule has 4 rings (SSSR count). The molecule has 1 heterocycles. The first kappa shape index (κ1) is 20.1. The molecule has 2 amide bonds. The summed E-state index contributed by atoms with van der Waals surface area (Å²) in [4.78, 5) is 26.9. The van der Waals surface area contributed by atoms with Crippen molar-refractivity contribution in [1.82, 2.24) is 5.32 Å². The Labute approximate surface area is 179 Å². The average Bonchev–Trinajstić information content (AvgIpc) is 3.16. The fourth-order valence-electron chi connectivity index (χ4n) is 3.64. The number of benzene rings is 3. The van der Waals surface area contributed by atoms with Crippen molar-refractivity contribution in [2.75, 3.05) is 11.4 Å². The second kappa shape index (κ2) is 8.28. The number of rotatable bonds is 4. The van der Waals surface area contributed by atoms with Crippen LogP contribution in [0.5, 0.6) is 0 Å². The third-order valence-electron chi connectivity index (χ3n) is 5.27. The van der Waals surface area contributed by atoms with E-state index >= 15 is 0 Å². The van der Waals surface area contributed by atoms with Gasteiger partial charge in [-0.3, -0.25) is 9.59 Å². The quantitative estimate of drug-likeness (QED) is 0.630. The third-order valence-corrected chi connectivity index (χ3v) is 5.52. The van der Waals surface area contributed by atoms with Gasteiger partial charge in [-0.2, -0.15) is 0 Å². The molecule has 30 heavy (non-hydrogen) atoms. The highest BCUT2D eigenvalue weighted by Crippen LogP contribution is 2.32. The van der Waals surface area contributed by atoms with Gasteiger partial charge >= 0.3 is 0 Å². The highest BCUT2D eigenvalue weighted by Gasteiger charge is 2.26. The van der Waals surface area contributed by atoms with Gasteiger partial charge < -0.3 is 10.2 Å². The molecule has 1 aliphatic heterocycles. The zero-order chi connectivity index (χ0) is 21.3. The average molecular weight is 423 g/mol. The Morgan fingerprint density at radius 2 is 1.80 bits per heavy atom. The normalized spacial score (nSPS) is 13.6. The number of carbonyl (C=O) groups is 2. The smallest absolute Gasteiger partial charge is 0.258 e. The van der Waals surface area contributed by atoms with Gasteiger partial charge in [0.2, 0.25) is 0 Å². The fraction of sp³-hybridized carbons (Fsp3) is 0.167. The summed E-state index contributed by atoms with van der Waals surface area (Å²) in [5.41, 5.74) is 3.68. The van der Waals surface area contributed by atoms with Gasteiger partial charge in [-0.1, -0.05) is 29.8 Å². The van der Waals surface area contributed by atoms with E-state index in [1.54, 1.807) is 35.2 Å². The lowest BCUT2D eigenvalue weighted by molar-refractivity contribution is 0.0938. The molecule has 3 aromatic carbocycles. The Bertz CT molecular complexity index is 1110. The maximum absolute atomic E-state index is 13.5. The van der Waals surface area contributed by atoms with Crippen molar-refractivity contribution in [3.63, 3.8) is 0 Å². The molecule has 1 N–H and O–H groups in total. The second-order valence-corrected chi connectivity index (χ2v) is 7.74. The number of nitrogens with zero attached hydrogens (tertiary/aromatic N) is 1. The zero-order valence-electron chi connectivity index (χ0n) is 16.4. The summed E-state index contributed by atoms with van der Waals surface area (Å²) in [7, 11) is 0. The number of nitrogens with one attached hydrogen (secondary N) is 1. The monoisotopic (exact) mass is 422 g/mol. The highest BCUT2D eigenvalue weighted by atomic mass is 35.5. The first-order valence-electron chi connectivity index (χ1n) is 9.69. The van der Waals surface area contributed by atoms with Gasteiger partial charge in [-0.05, 0) is 73.0 Å². The van der Waals surface area contributed by atoms with Crippen LogP contribution in [0.3, 0.4) is 0 Å². The molecule has 0 bridgehead atoms. The lowest BCUT2D eigenvalue weighted by Gasteiger charge is -2.19. The van der Waals surface area contributed by atoms with Crippen LogP contribution < -0.4 is 10.2 Å². The van der Waals surface area contributed by atoms with E-state index in [0.29, 0.717) is 29.1 Å². The minimum absolute atomic E-state index is 0.178. The maximum atomic E-state index is 13.5. The summed E-state index contributed by atoms with van der Waals surface area (Å²) >= 11 is 5.87. The molecule has 0 aromatic heterocycles. The lowest BCUT2D eigenvalue weighted by atomic mass is 10.0. The molecular formula is C24H20ClFN2O2. The van der Waals surface area contributed by atoms with Crippen molar-refractivity contribution >= 4 is 29.1 Å². The summed E-state index contributed by atoms with van der Waals surface area (Å²) in [5, 5.41) is 3.56. The fourth-order valence-corrected chi connectivity index (χ4v) is 3.77. The number of halogens is 2. The van der Waals surface area contributed by atoms with Crippen LogP contribution in [0.1, 0.15) is 44.8 Å². The van der Waals surface area contributed by atoms with Crippen molar-refractivity contribution < 1.29 is 14.0 Å². The van der Waals surface area contributed by atoms with Crippen molar-refractivity contribution in [2.45, 2.75) is 19.4 Å². The van der Waals surface area contributed by atoms with Gasteiger partial charge in [-0.25, -0.2) is 4.39 Å². The van der Waals surface area contributed by atoms with Gasteiger partial charge in [0.1, 0.15) is 5.82 Å². The van der Waals surface area contributed by atoms with Crippen LogP contribution in [-0.2, 0) is 6.42 Å². The predicted molar refractivity (Wildman–Crippen MR) is 116 cm³/mol. The minimum Gasteiger partial charge on any atom is -0.346 e. The standard InChI is InChI=1S/C24H20ClFN2O2/c1-15(27-23(29)16-5-8-20(25)9-6-16)17-7-10-22-18(13-17)11-12-28(22)24(30)19-3-2-4-21(26)14-19/h2-10,13-15H,11-12H2,1H3,(H,27,29)/t15-/m1/s1. The van der Waals surface area contributed by atoms with Gasteiger partial charge in [0.25, 0.3) is 11.8 Å². The third kappa shape index (κ3) is 4.07. The molecule has 0 saturated heterocycles. The van der Waals surface area contributed by atoms with E-state index in [1.807, 2.05) is 25.1 Å². The molecule has 0 saturated carbocycles. The molecule has 6 heteroatoms. The zero-order valence-corrected chi connectivity index (χ0v) is 17.1. The summed E-state index contributed by atoms with van der Waals surface area (Å²) in [5.74, 6) is -0.825. The van der Waals surface area contributed by atoms with E-state index < -0.39 is 5.82 Å². The summed E-state index contributed by atoms with van der Waals surface area (Å²) in [6, 6.07) is 18.1. The van der Waals surface area contributed by atoms with Crippen LogP contribution in [0, 0.1) is 5.82 Å². The molecule has 152 valence electrons. The predicted octanol–water partition coefficient (Wildman–Crippen LogP) is 5.17. The Balaban J connectivity index is 1.50. The summed E-state index contributed by atoms with van der Waals surface area (Å²) < 4.78 is 13.5. The number of fused-ring (bicyclic) bond motifs is 1. The molecule has 0 radical (unpaired) electrons. The first-order valence-corrected chi connectivity index (χ1v) is 10.1. The number of carbonyl (C=O) groups excluding carboxylic acids is 2. The van der Waals surface area contributed by atoms with Crippen LogP contribution in [0.25, 0.3) is 0 Å². The van der Waals surface area contributed by atoms with E-state index in [9.17, 15) is 14.0 Å². The first-order chi connectivity index (χ1) is 14.4. The molecule has 0 unspecified atom stereocenters. The Hall–Kier alpha value is -3.18. The van der Waals surface area contributed by atoms with Crippen LogP contribution in [-0.4, -0.2) is 18.4 Å². The van der Waals surface area contributed by atoms with Crippen molar-refractivity contribution in [3.05, 3.63) is 99.8 Å². The molecule has 1 aliphatic rings. The highest BCUT2D eigenvalue weighted by molar-refractivity contribution is 6.30. The Morgan fingerprint density at radius 3 is 2.53 bits per heavy atom. The minimum atomic E-state index is -0.430. The second-order valence-electron chi connectivity index (χ2n) is 7.31. The molecule has 4 nitrogen and oxygen atoms in total. The number of amides is 2. The Morgan fingerprint density at radius 1 is 1.03 bits per heavy atom. The van der Waals surface area contributed by atoms with Crippen LogP contribution >= 0.6 is 11.6 Å². The maximum Gasteiger partial charge on any atom is 0.258 e. The van der Waals surface area contributed by atoms with Crippen LogP contribution in [0.15, 0.2) is 66.7 Å². The number of hydrogen-bond donors (Lipinski definition) is 1. The molecule has 1 atom stereocenters. The SMILES string of the molecule is C[C@@H](NC(=O)c1ccc(Cl)cc1)c1ccc2c(c1)CCN2C(=O)c1cccc(F)c1. The van der Waals surface area contributed by atoms with Gasteiger partial charge in [0.15, 0.2) is 0 Å². The summed E-state index contributed by atoms with van der Waals surface area (Å²) in [6.45, 7) is 2.46. The Kier molecular flexibility index (Phi) is 5.55. The van der Waals surface area contributed by atoms with Crippen molar-refractivity contribution in [1.29, 1.82) is 0 Å². The van der Waals surface area contributed by atoms with Crippen LogP contribution in [0.4, 0.5) is 10.1 Å². The van der Waals surface area contributed by atoms with Crippen molar-refractivity contribution in [3.8, 4) is 0 Å². The molecular weight excluding hydrogens is 403 g/mol.